The summed E-state index contributed by atoms with van der Waals surface area (Å²) >= 11 is 0. The maximum atomic E-state index is 10.7. The summed E-state index contributed by atoms with van der Waals surface area (Å²) in [5, 5.41) is 7.90. The van der Waals surface area contributed by atoms with Gasteiger partial charge >= 0.3 is 29.6 Å². The molecule has 1 unspecified atom stereocenters. The first kappa shape index (κ1) is 24.1. The first-order valence-corrected chi connectivity index (χ1v) is 9.51. The predicted octanol–water partition coefficient (Wildman–Crippen LogP) is 0.598. The Bertz CT molecular complexity index is 307. The van der Waals surface area contributed by atoms with E-state index in [2.05, 4.69) is 0 Å². The van der Waals surface area contributed by atoms with Crippen LogP contribution in [0.5, 0.6) is 0 Å². The molecule has 0 saturated heterocycles. The second kappa shape index (κ2) is 15.8. The molecule has 0 aliphatic carbocycles. The number of aliphatic hydroxyl groups is 1. The van der Waals surface area contributed by atoms with E-state index in [4.69, 9.17) is 5.11 Å². The van der Waals surface area contributed by atoms with Crippen molar-refractivity contribution in [2.24, 2.45) is 0 Å². The van der Waals surface area contributed by atoms with Crippen molar-refractivity contribution in [1.82, 2.24) is 0 Å². The van der Waals surface area contributed by atoms with Crippen LogP contribution in [0.1, 0.15) is 84.0 Å². The summed E-state index contributed by atoms with van der Waals surface area (Å²) in [6.45, 7) is 1.81. The van der Waals surface area contributed by atoms with Crippen LogP contribution in [0.15, 0.2) is 0 Å². The fraction of sp³-hybridized carbons (Fsp3) is 1.00. The first-order chi connectivity index (χ1) is 9.48. The fourth-order valence-electron chi connectivity index (χ4n) is 2.28. The molecule has 122 valence electrons. The summed E-state index contributed by atoms with van der Waals surface area (Å²) in [5.41, 5.74) is 0. The van der Waals surface area contributed by atoms with Gasteiger partial charge in [-0.1, -0.05) is 64.2 Å². The Balaban J connectivity index is 0. The molecule has 1 N–H and O–H groups in total. The zero-order chi connectivity index (χ0) is 15.3. The third kappa shape index (κ3) is 17.1. The van der Waals surface area contributed by atoms with Gasteiger partial charge in [-0.2, -0.15) is 0 Å². The molecule has 1 atom stereocenters. The van der Waals surface area contributed by atoms with Gasteiger partial charge in [-0.15, -0.1) is 0 Å². The van der Waals surface area contributed by atoms with E-state index in [1.165, 1.54) is 45.4 Å². The summed E-state index contributed by atoms with van der Waals surface area (Å²) in [4.78, 5) is 0. The molecule has 0 heterocycles. The van der Waals surface area contributed by atoms with Crippen LogP contribution in [0, 0.1) is 0 Å². The van der Waals surface area contributed by atoms with Crippen molar-refractivity contribution in [3.8, 4) is 0 Å². The average molecular weight is 330 g/mol. The minimum Gasteiger partial charge on any atom is -0.748 e. The van der Waals surface area contributed by atoms with E-state index < -0.39 is 15.4 Å². The Kier molecular flexibility index (Phi) is 18.1. The third-order valence-electron chi connectivity index (χ3n) is 3.76. The molecular formula is C15H31NaO4S. The Morgan fingerprint density at radius 2 is 1.14 bits per heavy atom. The summed E-state index contributed by atoms with van der Waals surface area (Å²) in [6.07, 6.45) is 13.0. The molecule has 0 aromatic carbocycles. The average Bonchev–Trinajstić information content (AvgIpc) is 2.38. The standard InChI is InChI=1S/C15H32O4S.Na/c1-15(20(17,18)19)13-11-9-7-5-3-2-4-6-8-10-12-14-16;/h15-16H,2-14H2,1H3,(H,17,18,19);/q;+1/p-1. The number of hydrogen-bond donors (Lipinski definition) is 1. The Labute approximate surface area is 153 Å². The molecule has 0 saturated carbocycles. The largest absolute Gasteiger partial charge is 1.00 e. The normalized spacial score (nSPS) is 12.9. The van der Waals surface area contributed by atoms with Crippen LogP contribution >= 0.6 is 0 Å². The monoisotopic (exact) mass is 330 g/mol. The molecule has 0 radical (unpaired) electrons. The van der Waals surface area contributed by atoms with Gasteiger partial charge in [-0.25, -0.2) is 8.42 Å². The molecule has 0 aromatic rings. The van der Waals surface area contributed by atoms with Gasteiger partial charge in [0.05, 0.1) is 10.1 Å². The molecule has 0 aliphatic rings. The van der Waals surface area contributed by atoms with Gasteiger partial charge in [0.25, 0.3) is 0 Å². The molecule has 0 fully saturated rings. The fourth-order valence-corrected chi connectivity index (χ4v) is 2.73. The molecule has 0 rings (SSSR count). The van der Waals surface area contributed by atoms with Crippen LogP contribution in [-0.4, -0.2) is 29.9 Å². The second-order valence-corrected chi connectivity index (χ2v) is 7.50. The Morgan fingerprint density at radius 1 is 0.810 bits per heavy atom. The minimum atomic E-state index is -4.08. The molecule has 0 amide bonds. The van der Waals surface area contributed by atoms with Gasteiger partial charge < -0.3 is 9.66 Å². The van der Waals surface area contributed by atoms with Gasteiger partial charge in [0.1, 0.15) is 0 Å². The molecule has 0 bridgehead atoms. The topological polar surface area (TPSA) is 77.4 Å². The predicted molar refractivity (Wildman–Crippen MR) is 81.6 cm³/mol. The van der Waals surface area contributed by atoms with Crippen LogP contribution in [0.2, 0.25) is 0 Å². The van der Waals surface area contributed by atoms with Gasteiger partial charge in [0.2, 0.25) is 0 Å². The van der Waals surface area contributed by atoms with Crippen molar-refractivity contribution in [2.75, 3.05) is 6.61 Å². The third-order valence-corrected chi connectivity index (χ3v) is 4.98. The quantitative estimate of drug-likeness (QED) is 0.287. The van der Waals surface area contributed by atoms with E-state index in [0.717, 1.165) is 32.1 Å². The molecular weight excluding hydrogens is 299 g/mol. The van der Waals surface area contributed by atoms with Crippen LogP contribution in [0.25, 0.3) is 0 Å². The summed E-state index contributed by atoms with van der Waals surface area (Å²) in [7, 11) is -4.08. The number of rotatable bonds is 14. The zero-order valence-electron chi connectivity index (χ0n) is 13.8. The van der Waals surface area contributed by atoms with Crippen molar-refractivity contribution in [1.29, 1.82) is 0 Å². The van der Waals surface area contributed by atoms with E-state index in [1.807, 2.05) is 0 Å². The van der Waals surface area contributed by atoms with Gasteiger partial charge in [0.15, 0.2) is 0 Å². The number of unbranched alkanes of at least 4 members (excludes halogenated alkanes) is 10. The molecule has 21 heavy (non-hydrogen) atoms. The maximum Gasteiger partial charge on any atom is 1.00 e. The van der Waals surface area contributed by atoms with Crippen molar-refractivity contribution in [3.63, 3.8) is 0 Å². The number of hydrogen-bond acceptors (Lipinski definition) is 4. The molecule has 4 nitrogen and oxygen atoms in total. The van der Waals surface area contributed by atoms with E-state index in [9.17, 15) is 13.0 Å². The van der Waals surface area contributed by atoms with Crippen LogP contribution in [0.3, 0.4) is 0 Å². The minimum absolute atomic E-state index is 0. The van der Waals surface area contributed by atoms with Crippen LogP contribution in [-0.2, 0) is 10.1 Å². The Morgan fingerprint density at radius 3 is 1.48 bits per heavy atom. The zero-order valence-corrected chi connectivity index (χ0v) is 16.7. The SMILES string of the molecule is CC(CCCCCCCCCCCCCO)S(=O)(=O)[O-].[Na+]. The first-order valence-electron chi connectivity index (χ1n) is 8.04. The van der Waals surface area contributed by atoms with E-state index in [-0.39, 0.29) is 29.6 Å². The van der Waals surface area contributed by atoms with Crippen molar-refractivity contribution >= 4 is 10.1 Å². The van der Waals surface area contributed by atoms with Crippen molar-refractivity contribution in [3.05, 3.63) is 0 Å². The van der Waals surface area contributed by atoms with Gasteiger partial charge in [-0.05, 0) is 19.8 Å². The summed E-state index contributed by atoms with van der Waals surface area (Å²) in [5.74, 6) is 0. The maximum absolute atomic E-state index is 10.7. The smallest absolute Gasteiger partial charge is 0.748 e. The van der Waals surface area contributed by atoms with E-state index >= 15 is 0 Å². The Hall–Kier alpha value is 0.870. The molecule has 0 aliphatic heterocycles. The molecule has 0 aromatic heterocycles. The number of aliphatic hydroxyl groups excluding tert-OH is 1. The van der Waals surface area contributed by atoms with Crippen LogP contribution < -0.4 is 29.6 Å². The molecule has 6 heteroatoms. The molecule has 0 spiro atoms. The van der Waals surface area contributed by atoms with Crippen molar-refractivity contribution in [2.45, 2.75) is 89.2 Å². The van der Waals surface area contributed by atoms with Crippen molar-refractivity contribution < 1.29 is 47.6 Å². The van der Waals surface area contributed by atoms with E-state index in [1.54, 1.807) is 0 Å². The van der Waals surface area contributed by atoms with Gasteiger partial charge in [0, 0.05) is 11.9 Å². The van der Waals surface area contributed by atoms with Gasteiger partial charge in [-0.3, -0.25) is 0 Å². The second-order valence-electron chi connectivity index (χ2n) is 5.70. The van der Waals surface area contributed by atoms with Crippen LogP contribution in [0.4, 0.5) is 0 Å². The summed E-state index contributed by atoms with van der Waals surface area (Å²) in [6, 6.07) is 0. The summed E-state index contributed by atoms with van der Waals surface area (Å²) < 4.78 is 32.1. The van der Waals surface area contributed by atoms with E-state index in [0.29, 0.717) is 13.0 Å².